The zero-order valence-corrected chi connectivity index (χ0v) is 34.0. The molecule has 4 rings (SSSR count). The van der Waals surface area contributed by atoms with Gasteiger partial charge in [0.2, 0.25) is 17.8 Å². The predicted molar refractivity (Wildman–Crippen MR) is 224 cm³/mol. The molecule has 56 heavy (non-hydrogen) atoms. The molecule has 0 radical (unpaired) electrons. The number of para-hydroxylation sites is 1. The molecule has 3 aromatic carbocycles. The van der Waals surface area contributed by atoms with Crippen LogP contribution in [0.5, 0.6) is 0 Å². The monoisotopic (exact) mass is 765 g/mol. The van der Waals surface area contributed by atoms with Crippen molar-refractivity contribution in [3.63, 3.8) is 0 Å². The smallest absolute Gasteiger partial charge is 0.335 e. The molecular formula is C44H59N7O5. The van der Waals surface area contributed by atoms with Gasteiger partial charge in [-0.1, -0.05) is 97.3 Å². The van der Waals surface area contributed by atoms with Crippen LogP contribution >= 0.6 is 0 Å². The van der Waals surface area contributed by atoms with Crippen molar-refractivity contribution >= 4 is 52.9 Å². The maximum atomic E-state index is 14.0. The molecular weight excluding hydrogens is 707 g/mol. The number of nitrogens with one attached hydrogen (secondary N) is 3. The van der Waals surface area contributed by atoms with E-state index in [1.165, 1.54) is 4.90 Å². The molecule has 12 heteroatoms. The van der Waals surface area contributed by atoms with E-state index in [4.69, 9.17) is 15.0 Å². The summed E-state index contributed by atoms with van der Waals surface area (Å²) in [4.78, 5) is 54.1. The van der Waals surface area contributed by atoms with E-state index >= 15 is 0 Å². The van der Waals surface area contributed by atoms with Crippen LogP contribution in [0.25, 0.3) is 0 Å². The van der Waals surface area contributed by atoms with E-state index < -0.39 is 23.5 Å². The summed E-state index contributed by atoms with van der Waals surface area (Å²) in [5.41, 5.74) is 3.02. The standard InChI is InChI=1S/C44H59N7O5/c1-8-12-17-29(10-3)25-31-27-33(21-23-36(31)38(52)53)45-40-47-41(46-34-22-24-37(39(54)55)32(28-34)26-30(11-4)18-13-9-2)49-42(48-40)51(35-19-15-14-16-20-35)43(56)50-44(5,6)7/h14-16,19-24,27-30H,8-13,17-18,25-26H2,1-7H3,(H,50,56)(H,52,53)(H,54,55)(H2,45,46,47,48,49). The van der Waals surface area contributed by atoms with Crippen LogP contribution in [0.2, 0.25) is 0 Å². The molecule has 12 nitrogen and oxygen atoms in total. The SMILES string of the molecule is CCCCC(CC)Cc1cc(Nc2nc(Nc3ccc(C(=O)O)c(CC(CC)CCCC)c3)nc(N(C(=O)NC(C)(C)C)c3ccccc3)n2)ccc1C(=O)O. The fourth-order valence-corrected chi connectivity index (χ4v) is 6.72. The number of aromatic carboxylic acids is 2. The van der Waals surface area contributed by atoms with Crippen molar-refractivity contribution in [1.82, 2.24) is 20.3 Å². The summed E-state index contributed by atoms with van der Waals surface area (Å²) >= 11 is 0. The van der Waals surface area contributed by atoms with Gasteiger partial charge in [0.05, 0.1) is 16.8 Å². The molecule has 0 bridgehead atoms. The Morgan fingerprint density at radius 3 is 1.54 bits per heavy atom. The van der Waals surface area contributed by atoms with Gasteiger partial charge in [0.25, 0.3) is 0 Å². The number of carbonyl (C=O) groups excluding carboxylic acids is 1. The zero-order valence-electron chi connectivity index (χ0n) is 34.0. The van der Waals surface area contributed by atoms with Gasteiger partial charge in [-0.15, -0.1) is 0 Å². The van der Waals surface area contributed by atoms with E-state index in [-0.39, 0.29) is 29.0 Å². The third-order valence-electron chi connectivity index (χ3n) is 9.81. The number of hydrogen-bond donors (Lipinski definition) is 5. The molecule has 0 fully saturated rings. The maximum Gasteiger partial charge on any atom is 0.335 e. The van der Waals surface area contributed by atoms with Crippen LogP contribution in [-0.4, -0.2) is 48.7 Å². The molecule has 2 atom stereocenters. The Bertz CT molecular complexity index is 1830. The number of carbonyl (C=O) groups is 3. The van der Waals surface area contributed by atoms with Gasteiger partial charge in [-0.05, 0) is 105 Å². The number of benzene rings is 3. The second-order valence-corrected chi connectivity index (χ2v) is 15.5. The summed E-state index contributed by atoms with van der Waals surface area (Å²) in [5.74, 6) is -1.06. The number of nitrogens with zero attached hydrogens (tertiary/aromatic N) is 4. The minimum atomic E-state index is -0.988. The summed E-state index contributed by atoms with van der Waals surface area (Å²) in [7, 11) is 0. The number of rotatable bonds is 20. The van der Waals surface area contributed by atoms with Crippen LogP contribution in [-0.2, 0) is 12.8 Å². The second kappa shape index (κ2) is 20.4. The highest BCUT2D eigenvalue weighted by atomic mass is 16.4. The fourth-order valence-electron chi connectivity index (χ4n) is 6.72. The predicted octanol–water partition coefficient (Wildman–Crippen LogP) is 10.9. The molecule has 0 saturated heterocycles. The molecule has 2 amide bonds. The summed E-state index contributed by atoms with van der Waals surface area (Å²) in [6, 6.07) is 18.8. The van der Waals surface area contributed by atoms with Gasteiger partial charge in [0, 0.05) is 16.9 Å². The van der Waals surface area contributed by atoms with Crippen molar-refractivity contribution < 1.29 is 24.6 Å². The molecule has 2 unspecified atom stereocenters. The fraction of sp³-hybridized carbons (Fsp3) is 0.455. The Morgan fingerprint density at radius 2 is 1.14 bits per heavy atom. The number of carboxylic acids is 2. The van der Waals surface area contributed by atoms with Crippen LogP contribution in [0, 0.1) is 11.8 Å². The van der Waals surface area contributed by atoms with E-state index in [1.54, 1.807) is 36.4 Å². The molecule has 5 N–H and O–H groups in total. The zero-order chi connectivity index (χ0) is 40.8. The number of carboxylic acid groups (broad SMARTS) is 2. The average Bonchev–Trinajstić information content (AvgIpc) is 3.14. The Morgan fingerprint density at radius 1 is 0.679 bits per heavy atom. The third kappa shape index (κ3) is 12.5. The molecule has 1 heterocycles. The molecule has 0 aliphatic carbocycles. The highest BCUT2D eigenvalue weighted by Crippen LogP contribution is 2.30. The van der Waals surface area contributed by atoms with Crippen molar-refractivity contribution in [3.05, 3.63) is 89.0 Å². The summed E-state index contributed by atoms with van der Waals surface area (Å²) in [5, 5.41) is 29.6. The molecule has 1 aromatic heterocycles. The van der Waals surface area contributed by atoms with Crippen LogP contribution in [0.3, 0.4) is 0 Å². The molecule has 0 saturated carbocycles. The van der Waals surface area contributed by atoms with Crippen LogP contribution in [0.1, 0.15) is 132 Å². The van der Waals surface area contributed by atoms with Crippen molar-refractivity contribution in [2.45, 2.75) is 118 Å². The van der Waals surface area contributed by atoms with E-state index in [9.17, 15) is 24.6 Å². The lowest BCUT2D eigenvalue weighted by Gasteiger charge is -2.27. The third-order valence-corrected chi connectivity index (χ3v) is 9.81. The van der Waals surface area contributed by atoms with E-state index in [0.717, 1.165) is 51.4 Å². The highest BCUT2D eigenvalue weighted by Gasteiger charge is 2.27. The first-order valence-corrected chi connectivity index (χ1v) is 19.9. The number of amides is 2. The van der Waals surface area contributed by atoms with Crippen LogP contribution in [0.15, 0.2) is 66.7 Å². The number of aromatic nitrogens is 3. The average molecular weight is 766 g/mol. The lowest BCUT2D eigenvalue weighted by Crippen LogP contribution is -2.47. The normalized spacial score (nSPS) is 12.4. The molecule has 300 valence electrons. The summed E-state index contributed by atoms with van der Waals surface area (Å²) < 4.78 is 0. The quantitative estimate of drug-likeness (QED) is 0.0583. The maximum absolute atomic E-state index is 14.0. The van der Waals surface area contributed by atoms with Crippen LogP contribution < -0.4 is 20.9 Å². The summed E-state index contributed by atoms with van der Waals surface area (Å²) in [6.07, 6.45) is 9.39. The second-order valence-electron chi connectivity index (χ2n) is 15.5. The van der Waals surface area contributed by atoms with E-state index in [2.05, 4.69) is 43.6 Å². The number of urea groups is 1. The van der Waals surface area contributed by atoms with Crippen molar-refractivity contribution in [2.75, 3.05) is 15.5 Å². The Labute approximate surface area is 331 Å². The molecule has 0 spiro atoms. The molecule has 0 aliphatic rings. The van der Waals surface area contributed by atoms with Crippen molar-refractivity contribution in [2.24, 2.45) is 11.8 Å². The van der Waals surface area contributed by atoms with E-state index in [1.807, 2.05) is 51.1 Å². The minimum Gasteiger partial charge on any atom is -0.478 e. The lowest BCUT2D eigenvalue weighted by atomic mass is 9.89. The lowest BCUT2D eigenvalue weighted by molar-refractivity contribution is 0.0684. The van der Waals surface area contributed by atoms with Crippen LogP contribution in [0.4, 0.5) is 39.7 Å². The van der Waals surface area contributed by atoms with Gasteiger partial charge in [-0.25, -0.2) is 19.3 Å². The van der Waals surface area contributed by atoms with Gasteiger partial charge in [-0.3, -0.25) is 0 Å². The first-order valence-electron chi connectivity index (χ1n) is 19.9. The topological polar surface area (TPSA) is 170 Å². The van der Waals surface area contributed by atoms with Gasteiger partial charge in [-0.2, -0.15) is 15.0 Å². The Balaban J connectivity index is 1.83. The number of unbranched alkanes of at least 4 members (excludes halogenated alkanes) is 2. The molecule has 4 aromatic rings. The number of anilines is 6. The van der Waals surface area contributed by atoms with Gasteiger partial charge < -0.3 is 26.2 Å². The minimum absolute atomic E-state index is 0.0268. The van der Waals surface area contributed by atoms with Crippen molar-refractivity contribution in [3.8, 4) is 0 Å². The van der Waals surface area contributed by atoms with Crippen molar-refractivity contribution in [1.29, 1.82) is 0 Å². The number of hydrogen-bond acceptors (Lipinski definition) is 8. The van der Waals surface area contributed by atoms with Gasteiger partial charge in [0.1, 0.15) is 0 Å². The van der Waals surface area contributed by atoms with Gasteiger partial charge in [0.15, 0.2) is 0 Å². The Kier molecular flexibility index (Phi) is 15.8. The van der Waals surface area contributed by atoms with E-state index in [0.29, 0.717) is 52.9 Å². The first kappa shape index (κ1) is 43.2. The molecule has 0 aliphatic heterocycles. The largest absolute Gasteiger partial charge is 0.478 e. The Hall–Kier alpha value is -5.52. The highest BCUT2D eigenvalue weighted by molar-refractivity contribution is 5.98. The summed E-state index contributed by atoms with van der Waals surface area (Å²) in [6.45, 7) is 14.2. The van der Waals surface area contributed by atoms with Gasteiger partial charge >= 0.3 is 18.0 Å². The first-order chi connectivity index (χ1) is 26.7.